The van der Waals surface area contributed by atoms with E-state index < -0.39 is 0 Å². The summed E-state index contributed by atoms with van der Waals surface area (Å²) in [5.41, 5.74) is 2.10. The fourth-order valence-electron chi connectivity index (χ4n) is 4.53. The first-order chi connectivity index (χ1) is 16.6. The highest BCUT2D eigenvalue weighted by molar-refractivity contribution is 7.16. The molecular formula is C26H33N3O4S. The van der Waals surface area contributed by atoms with Gasteiger partial charge in [-0.15, -0.1) is 11.3 Å². The number of likely N-dealkylation sites (N-methyl/N-ethyl adjacent to an activating group) is 1. The molecule has 0 saturated carbocycles. The molecule has 1 fully saturated rings. The molecule has 1 atom stereocenters. The Bertz CT molecular complexity index is 1090. The average molecular weight is 484 g/mol. The number of anilines is 1. The highest BCUT2D eigenvalue weighted by Crippen LogP contribution is 2.45. The van der Waals surface area contributed by atoms with E-state index in [0.29, 0.717) is 11.5 Å². The van der Waals surface area contributed by atoms with Crippen molar-refractivity contribution < 1.29 is 18.7 Å². The van der Waals surface area contributed by atoms with Crippen LogP contribution in [-0.4, -0.2) is 62.7 Å². The molecule has 1 N–H and O–H groups in total. The molecule has 4 rings (SSSR count). The minimum Gasteiger partial charge on any atom is -0.493 e. The molecule has 1 saturated heterocycles. The van der Waals surface area contributed by atoms with Crippen LogP contribution < -0.4 is 14.8 Å². The fourth-order valence-corrected chi connectivity index (χ4v) is 5.56. The number of methoxy groups -OCH3 is 2. The van der Waals surface area contributed by atoms with E-state index in [1.807, 2.05) is 12.1 Å². The number of rotatable bonds is 9. The monoisotopic (exact) mass is 483 g/mol. The van der Waals surface area contributed by atoms with Crippen molar-refractivity contribution in [1.82, 2.24) is 9.80 Å². The Kier molecular flexibility index (Phi) is 7.92. The van der Waals surface area contributed by atoms with Gasteiger partial charge in [0.25, 0.3) is 5.91 Å². The Balaban J connectivity index is 1.80. The molecule has 0 radical (unpaired) electrons. The number of ether oxygens (including phenoxy) is 2. The number of benzene rings is 1. The minimum absolute atomic E-state index is 0.0903. The number of aryl methyl sites for hydroxylation is 1. The van der Waals surface area contributed by atoms with Gasteiger partial charge < -0.3 is 24.1 Å². The zero-order chi connectivity index (χ0) is 24.1. The van der Waals surface area contributed by atoms with Gasteiger partial charge in [0.05, 0.1) is 26.5 Å². The second-order valence-corrected chi connectivity index (χ2v) is 9.37. The summed E-state index contributed by atoms with van der Waals surface area (Å²) in [4.78, 5) is 19.1. The zero-order valence-electron chi connectivity index (χ0n) is 20.3. The van der Waals surface area contributed by atoms with Crippen LogP contribution in [0.15, 0.2) is 47.1 Å². The largest absolute Gasteiger partial charge is 0.493 e. The predicted molar refractivity (Wildman–Crippen MR) is 135 cm³/mol. The van der Waals surface area contributed by atoms with Crippen molar-refractivity contribution >= 4 is 22.2 Å². The van der Waals surface area contributed by atoms with Gasteiger partial charge >= 0.3 is 0 Å². The molecule has 0 aliphatic carbocycles. The lowest BCUT2D eigenvalue weighted by Crippen LogP contribution is -2.47. The molecule has 1 aromatic carbocycles. The summed E-state index contributed by atoms with van der Waals surface area (Å²) in [5.74, 6) is 1.47. The van der Waals surface area contributed by atoms with E-state index >= 15 is 0 Å². The lowest BCUT2D eigenvalue weighted by Gasteiger charge is -2.39. The van der Waals surface area contributed by atoms with Crippen LogP contribution >= 0.6 is 11.3 Å². The number of furan rings is 1. The number of hydrogen-bond acceptors (Lipinski definition) is 7. The maximum Gasteiger partial charge on any atom is 0.291 e. The molecule has 182 valence electrons. The summed E-state index contributed by atoms with van der Waals surface area (Å²) in [6.45, 7) is 9.21. The number of nitrogens with one attached hydrogen (secondary N) is 1. The molecule has 1 aliphatic heterocycles. The lowest BCUT2D eigenvalue weighted by molar-refractivity contribution is 0.0995. The first-order valence-electron chi connectivity index (χ1n) is 11.7. The Morgan fingerprint density at radius 1 is 1.09 bits per heavy atom. The first kappa shape index (κ1) is 24.3. The molecule has 7 nitrogen and oxygen atoms in total. The van der Waals surface area contributed by atoms with Crippen molar-refractivity contribution in [3.8, 4) is 11.5 Å². The van der Waals surface area contributed by atoms with E-state index in [1.54, 1.807) is 37.7 Å². The second kappa shape index (κ2) is 11.1. The zero-order valence-corrected chi connectivity index (χ0v) is 21.1. The van der Waals surface area contributed by atoms with Crippen LogP contribution in [0.25, 0.3) is 0 Å². The highest BCUT2D eigenvalue weighted by atomic mass is 32.1. The number of nitrogens with zero attached hydrogens (tertiary/aromatic N) is 2. The molecule has 0 unspecified atom stereocenters. The molecule has 0 spiro atoms. The third-order valence-corrected chi connectivity index (χ3v) is 7.58. The third-order valence-electron chi connectivity index (χ3n) is 6.37. The standard InChI is InChI=1S/C26H33N3O4S/c1-5-18-17-20(26(34-18)27-25(30)22-11-8-16-33-22)23(29-14-12-28(6-2)13-15-29)19-9-7-10-21(31-3)24(19)32-4/h7-11,16-17,23H,5-6,12-15H2,1-4H3,(H,27,30)/t23-/m1/s1. The number of amides is 1. The van der Waals surface area contributed by atoms with Crippen molar-refractivity contribution in [3.63, 3.8) is 0 Å². The van der Waals surface area contributed by atoms with E-state index in [-0.39, 0.29) is 11.9 Å². The van der Waals surface area contributed by atoms with E-state index in [1.165, 1.54) is 11.1 Å². The van der Waals surface area contributed by atoms with Crippen LogP contribution in [0.4, 0.5) is 5.00 Å². The molecular weight excluding hydrogens is 450 g/mol. The Hall–Kier alpha value is -2.81. The van der Waals surface area contributed by atoms with E-state index in [0.717, 1.165) is 61.0 Å². The number of thiophene rings is 1. The minimum atomic E-state index is -0.247. The highest BCUT2D eigenvalue weighted by Gasteiger charge is 2.32. The van der Waals surface area contributed by atoms with Gasteiger partial charge in [-0.3, -0.25) is 9.69 Å². The van der Waals surface area contributed by atoms with Crippen molar-refractivity contribution in [2.75, 3.05) is 52.3 Å². The van der Waals surface area contributed by atoms with Gasteiger partial charge in [0.2, 0.25) is 0 Å². The van der Waals surface area contributed by atoms with Crippen LogP contribution in [0, 0.1) is 0 Å². The normalized spacial score (nSPS) is 15.8. The van der Waals surface area contributed by atoms with E-state index in [2.05, 4.69) is 41.1 Å². The third kappa shape index (κ3) is 4.99. The van der Waals surface area contributed by atoms with Gasteiger partial charge in [0.1, 0.15) is 5.00 Å². The number of carbonyl (C=O) groups is 1. The smallest absolute Gasteiger partial charge is 0.291 e. The molecule has 3 heterocycles. The Labute approximate surface area is 205 Å². The van der Waals surface area contributed by atoms with Crippen LogP contribution in [0.5, 0.6) is 11.5 Å². The number of piperazine rings is 1. The van der Waals surface area contributed by atoms with Gasteiger partial charge in [-0.05, 0) is 37.2 Å². The van der Waals surface area contributed by atoms with Crippen molar-refractivity contribution in [3.05, 3.63) is 64.4 Å². The number of carbonyl (C=O) groups excluding carboxylic acids is 1. The van der Waals surface area contributed by atoms with Crippen LogP contribution in [0.1, 0.15) is 46.4 Å². The van der Waals surface area contributed by atoms with Crippen LogP contribution in [0.2, 0.25) is 0 Å². The quantitative estimate of drug-likeness (QED) is 0.467. The van der Waals surface area contributed by atoms with Crippen LogP contribution in [0.3, 0.4) is 0 Å². The van der Waals surface area contributed by atoms with Crippen molar-refractivity contribution in [1.29, 1.82) is 0 Å². The SMILES string of the molecule is CCc1cc([C@@H](c2cccc(OC)c2OC)N2CCN(CC)CC2)c(NC(=O)c2ccco2)s1. The van der Waals surface area contributed by atoms with Crippen LogP contribution in [-0.2, 0) is 6.42 Å². The summed E-state index contributed by atoms with van der Waals surface area (Å²) in [7, 11) is 3.34. The maximum atomic E-state index is 12.9. The summed E-state index contributed by atoms with van der Waals surface area (Å²) in [6, 6.07) is 11.5. The average Bonchev–Trinajstić information content (AvgIpc) is 3.55. The molecule has 8 heteroatoms. The molecule has 1 aliphatic rings. The Morgan fingerprint density at radius 3 is 2.50 bits per heavy atom. The van der Waals surface area contributed by atoms with Gasteiger partial charge in [-0.2, -0.15) is 0 Å². The number of para-hydroxylation sites is 1. The first-order valence-corrected chi connectivity index (χ1v) is 12.6. The Morgan fingerprint density at radius 2 is 1.88 bits per heavy atom. The summed E-state index contributed by atoms with van der Waals surface area (Å²) >= 11 is 1.62. The number of hydrogen-bond donors (Lipinski definition) is 1. The van der Waals surface area contributed by atoms with E-state index in [9.17, 15) is 4.79 Å². The van der Waals surface area contributed by atoms with Gasteiger partial charge in [0.15, 0.2) is 17.3 Å². The fraction of sp³-hybridized carbons (Fsp3) is 0.423. The topological polar surface area (TPSA) is 67.2 Å². The molecule has 1 amide bonds. The molecule has 2 aromatic heterocycles. The van der Waals surface area contributed by atoms with Gasteiger partial charge in [0, 0.05) is 42.2 Å². The van der Waals surface area contributed by atoms with Crippen molar-refractivity contribution in [2.24, 2.45) is 0 Å². The molecule has 0 bridgehead atoms. The lowest BCUT2D eigenvalue weighted by atomic mass is 9.95. The molecule has 3 aromatic rings. The van der Waals surface area contributed by atoms with Gasteiger partial charge in [-0.1, -0.05) is 26.0 Å². The summed E-state index contributed by atoms with van der Waals surface area (Å²) < 4.78 is 16.8. The summed E-state index contributed by atoms with van der Waals surface area (Å²) in [6.07, 6.45) is 2.40. The van der Waals surface area contributed by atoms with Crippen molar-refractivity contribution in [2.45, 2.75) is 26.3 Å². The maximum absolute atomic E-state index is 12.9. The predicted octanol–water partition coefficient (Wildman–Crippen LogP) is 4.90. The van der Waals surface area contributed by atoms with Gasteiger partial charge in [-0.25, -0.2) is 0 Å². The second-order valence-electron chi connectivity index (χ2n) is 8.24. The van der Waals surface area contributed by atoms with E-state index in [4.69, 9.17) is 13.9 Å². The summed E-state index contributed by atoms with van der Waals surface area (Å²) in [5, 5.41) is 3.96. The molecule has 34 heavy (non-hydrogen) atoms.